The number of likely N-dealkylation sites (tertiary alicyclic amines) is 1. The molecule has 1 heterocycles. The molecule has 1 fully saturated rings. The van der Waals surface area contributed by atoms with Crippen molar-refractivity contribution in [2.45, 2.75) is 118 Å². The summed E-state index contributed by atoms with van der Waals surface area (Å²) in [6.07, 6.45) is 7.60. The normalized spacial score (nSPS) is 17.6. The van der Waals surface area contributed by atoms with Gasteiger partial charge in [0.25, 0.3) is 0 Å². The number of aliphatic hydroxyl groups is 1. The summed E-state index contributed by atoms with van der Waals surface area (Å²) in [5.74, 6) is -0.822. The fourth-order valence-electron chi connectivity index (χ4n) is 5.08. The molecule has 5 N–H and O–H groups in total. The van der Waals surface area contributed by atoms with Gasteiger partial charge in [0.05, 0.1) is 6.10 Å². The van der Waals surface area contributed by atoms with Gasteiger partial charge in [-0.1, -0.05) is 94.6 Å². The fourth-order valence-corrected chi connectivity index (χ4v) is 6.01. The number of carbonyl (C=O) groups excluding carboxylic acids is 3. The Bertz CT molecular complexity index is 1110. The van der Waals surface area contributed by atoms with Crippen LogP contribution < -0.4 is 16.4 Å². The van der Waals surface area contributed by atoms with Crippen LogP contribution in [0.2, 0.25) is 0 Å². The van der Waals surface area contributed by atoms with Crippen LogP contribution in [0.4, 0.5) is 0 Å². The summed E-state index contributed by atoms with van der Waals surface area (Å²) in [6, 6.07) is 6.51. The van der Waals surface area contributed by atoms with E-state index in [1.165, 1.54) is 15.4 Å². The molecule has 0 aliphatic carbocycles. The summed E-state index contributed by atoms with van der Waals surface area (Å²) in [7, 11) is 0. The Morgan fingerprint density at radius 2 is 1.74 bits per heavy atom. The van der Waals surface area contributed by atoms with Crippen molar-refractivity contribution in [1.29, 1.82) is 0 Å². The number of benzene rings is 1. The molecule has 3 amide bonds. The number of hydrogen-bond donors (Lipinski definition) is 4. The first-order valence-corrected chi connectivity index (χ1v) is 16.6. The van der Waals surface area contributed by atoms with Gasteiger partial charge in [-0.25, -0.2) is 0 Å². The molecule has 0 aromatic heterocycles. The summed E-state index contributed by atoms with van der Waals surface area (Å²) in [6.45, 7) is 13.0. The molecule has 0 radical (unpaired) electrons. The predicted molar refractivity (Wildman–Crippen MR) is 178 cm³/mol. The van der Waals surface area contributed by atoms with Crippen molar-refractivity contribution >= 4 is 34.4 Å². The third-order valence-corrected chi connectivity index (χ3v) is 8.75. The van der Waals surface area contributed by atoms with Crippen LogP contribution in [0.15, 0.2) is 41.3 Å². The van der Waals surface area contributed by atoms with Gasteiger partial charge in [-0.15, -0.1) is 0 Å². The zero-order valence-electron chi connectivity index (χ0n) is 27.1. The van der Waals surface area contributed by atoms with Gasteiger partial charge in [0, 0.05) is 30.8 Å². The molecule has 3 atom stereocenters. The molecule has 9 heteroatoms. The zero-order valence-corrected chi connectivity index (χ0v) is 27.9. The van der Waals surface area contributed by atoms with Crippen LogP contribution in [0.5, 0.6) is 0 Å². The van der Waals surface area contributed by atoms with Gasteiger partial charge in [0.15, 0.2) is 0 Å². The number of nitrogens with two attached hydrogens (primary N) is 1. The number of unbranched alkanes of at least 4 members (excludes halogenated alkanes) is 4. The number of thioether (sulfide) groups is 1. The highest BCUT2D eigenvalue weighted by Crippen LogP contribution is 2.32. The number of hydrogen-bond acceptors (Lipinski definition) is 6. The van der Waals surface area contributed by atoms with Crippen molar-refractivity contribution in [1.82, 2.24) is 15.5 Å². The van der Waals surface area contributed by atoms with E-state index in [0.29, 0.717) is 19.5 Å². The van der Waals surface area contributed by atoms with Gasteiger partial charge in [-0.2, -0.15) is 0 Å². The van der Waals surface area contributed by atoms with Gasteiger partial charge in [0.2, 0.25) is 17.7 Å². The largest absolute Gasteiger partial charge is 0.391 e. The van der Waals surface area contributed by atoms with Crippen LogP contribution in [0.25, 0.3) is 4.91 Å². The predicted octanol–water partition coefficient (Wildman–Crippen LogP) is 5.50. The number of aliphatic hydroxyl groups excluding tert-OH is 1. The highest BCUT2D eigenvalue weighted by Gasteiger charge is 2.44. The van der Waals surface area contributed by atoms with Crippen LogP contribution in [0, 0.1) is 5.41 Å². The fraction of sp³-hybridized carbons (Fsp3) is 0.618. The molecule has 1 aliphatic heterocycles. The van der Waals surface area contributed by atoms with Crippen LogP contribution in [-0.2, 0) is 20.9 Å². The Hall–Kier alpha value is -2.62. The molecule has 0 spiro atoms. The van der Waals surface area contributed by atoms with E-state index < -0.39 is 23.6 Å². The highest BCUT2D eigenvalue weighted by atomic mass is 32.2. The minimum atomic E-state index is -0.806. The Kier molecular flexibility index (Phi) is 15.5. The lowest BCUT2D eigenvalue weighted by atomic mass is 9.85. The van der Waals surface area contributed by atoms with Crippen LogP contribution in [-0.4, -0.2) is 59.0 Å². The topological polar surface area (TPSA) is 125 Å². The summed E-state index contributed by atoms with van der Waals surface area (Å²) in [5, 5.41) is 18.5. The van der Waals surface area contributed by atoms with Crippen molar-refractivity contribution in [3.8, 4) is 0 Å². The maximum atomic E-state index is 13.8. The van der Waals surface area contributed by atoms with Crippen molar-refractivity contribution in [2.24, 2.45) is 11.1 Å². The minimum absolute atomic E-state index is 0.0604. The second-order valence-corrected chi connectivity index (χ2v) is 13.6. The second kappa shape index (κ2) is 18.2. The summed E-state index contributed by atoms with van der Waals surface area (Å²) in [4.78, 5) is 42.5. The quantitative estimate of drug-likeness (QED) is 0.182. The van der Waals surface area contributed by atoms with Gasteiger partial charge in [-0.3, -0.25) is 14.4 Å². The number of β-amino-alcohol motifs (C(OH)–C–C–N with tert-alkyl or cyclic N) is 1. The summed E-state index contributed by atoms with van der Waals surface area (Å²) in [5.41, 5.74) is 8.27. The van der Waals surface area contributed by atoms with Gasteiger partial charge >= 0.3 is 0 Å². The Labute approximate surface area is 263 Å². The van der Waals surface area contributed by atoms with Crippen molar-refractivity contribution in [2.75, 3.05) is 13.1 Å². The Balaban J connectivity index is 2.03. The van der Waals surface area contributed by atoms with Gasteiger partial charge in [-0.05, 0) is 61.6 Å². The molecular weight excluding hydrogens is 560 g/mol. The highest BCUT2D eigenvalue weighted by molar-refractivity contribution is 8.10. The van der Waals surface area contributed by atoms with E-state index >= 15 is 0 Å². The number of nitrogens with one attached hydrogen (secondary N) is 2. The summed E-state index contributed by atoms with van der Waals surface area (Å²) < 4.78 is 0. The first-order valence-electron chi connectivity index (χ1n) is 15.7. The molecule has 1 aliphatic rings. The molecule has 1 aromatic carbocycles. The van der Waals surface area contributed by atoms with Crippen LogP contribution >= 0.6 is 11.8 Å². The monoisotopic (exact) mass is 614 g/mol. The van der Waals surface area contributed by atoms with E-state index in [1.807, 2.05) is 32.9 Å². The second-order valence-electron chi connectivity index (χ2n) is 12.7. The molecule has 43 heavy (non-hydrogen) atoms. The molecule has 0 bridgehead atoms. The third-order valence-electron chi connectivity index (χ3n) is 7.55. The number of amides is 3. The number of carbonyl (C=O) groups is 3. The maximum absolute atomic E-state index is 13.8. The van der Waals surface area contributed by atoms with Crippen molar-refractivity contribution < 1.29 is 19.5 Å². The molecule has 1 aromatic rings. The van der Waals surface area contributed by atoms with E-state index in [4.69, 9.17) is 5.73 Å². The third kappa shape index (κ3) is 12.1. The van der Waals surface area contributed by atoms with Gasteiger partial charge in [0.1, 0.15) is 12.1 Å². The first kappa shape index (κ1) is 36.6. The smallest absolute Gasteiger partial charge is 0.246 e. The molecular formula is C34H54N4O4S. The summed E-state index contributed by atoms with van der Waals surface area (Å²) >= 11 is 1.70. The lowest BCUT2D eigenvalue weighted by Gasteiger charge is -2.35. The van der Waals surface area contributed by atoms with Crippen LogP contribution in [0.1, 0.15) is 104 Å². The van der Waals surface area contributed by atoms with Crippen molar-refractivity contribution in [3.63, 3.8) is 0 Å². The average Bonchev–Trinajstić information content (AvgIpc) is 3.35. The van der Waals surface area contributed by atoms with E-state index in [2.05, 4.69) is 55.0 Å². The SMILES string of the molecule is CC/C=C/SC(=C(C)C)c1ccc(CNC(=O)[C@@H]2C[C@@H](O)CN2C(=O)[C@@H](NC(=O)CCCCCCCN)C(C)(C)C)cc1. The van der Waals surface area contributed by atoms with E-state index in [-0.39, 0.29) is 30.7 Å². The lowest BCUT2D eigenvalue weighted by molar-refractivity contribution is -0.144. The number of nitrogens with zero attached hydrogens (tertiary/aromatic N) is 1. The van der Waals surface area contributed by atoms with E-state index in [1.54, 1.807) is 11.8 Å². The molecule has 1 saturated heterocycles. The van der Waals surface area contributed by atoms with Crippen molar-refractivity contribution in [3.05, 3.63) is 52.4 Å². The van der Waals surface area contributed by atoms with Crippen LogP contribution in [0.3, 0.4) is 0 Å². The lowest BCUT2D eigenvalue weighted by Crippen LogP contribution is -2.57. The molecule has 2 rings (SSSR count). The number of allylic oxidation sites excluding steroid dienone is 2. The molecule has 0 saturated carbocycles. The average molecular weight is 615 g/mol. The molecule has 0 unspecified atom stereocenters. The van der Waals surface area contributed by atoms with E-state index in [9.17, 15) is 19.5 Å². The molecule has 240 valence electrons. The first-order chi connectivity index (χ1) is 20.4. The maximum Gasteiger partial charge on any atom is 0.246 e. The number of rotatable bonds is 16. The van der Waals surface area contributed by atoms with Gasteiger partial charge < -0.3 is 26.4 Å². The zero-order chi connectivity index (χ0) is 32.0. The van der Waals surface area contributed by atoms with E-state index in [0.717, 1.165) is 49.7 Å². The standard InChI is InChI=1S/C34H54N4O4S/c1-7-8-20-43-30(24(2)3)26-17-15-25(16-18-26)22-36-32(41)28-21-27(39)23-38(28)33(42)31(34(4,5)6)37-29(40)14-12-10-9-11-13-19-35/h8,15-18,20,27-28,31,39H,7,9-14,19,21-23,35H2,1-6H3,(H,36,41)(H,37,40)/b20-8+/t27-,28+,31-/m1/s1. The Morgan fingerprint density at radius 1 is 1.09 bits per heavy atom. The molecule has 8 nitrogen and oxygen atoms in total. The minimum Gasteiger partial charge on any atom is -0.391 e. The Morgan fingerprint density at radius 3 is 2.35 bits per heavy atom.